The van der Waals surface area contributed by atoms with Gasteiger partial charge in [0.2, 0.25) is 10.0 Å². The summed E-state index contributed by atoms with van der Waals surface area (Å²) in [7, 11) is -3.29. The molecule has 2 aromatic carbocycles. The second kappa shape index (κ2) is 6.28. The number of hydrogen-bond donors (Lipinski definition) is 1. The summed E-state index contributed by atoms with van der Waals surface area (Å²) >= 11 is 0. The first-order valence-electron chi connectivity index (χ1n) is 7.84. The standard InChI is InChI=1S/C18H20N2O3S/c1-13-6-3-4-8-16(13)19-18(21)15-9-10-17-14(12-15)7-5-11-20(17)24(2,22)23/h3-4,6,8-10,12H,5,7,11H2,1-2H3,(H,19,21). The van der Waals surface area contributed by atoms with E-state index in [9.17, 15) is 13.2 Å². The normalized spacial score (nSPS) is 14.2. The molecule has 0 saturated heterocycles. The van der Waals surface area contributed by atoms with Gasteiger partial charge in [-0.25, -0.2) is 8.42 Å². The first kappa shape index (κ1) is 16.5. The number of amides is 1. The molecule has 0 bridgehead atoms. The van der Waals surface area contributed by atoms with Crippen LogP contribution in [0, 0.1) is 6.92 Å². The number of anilines is 2. The number of hydrogen-bond acceptors (Lipinski definition) is 3. The van der Waals surface area contributed by atoms with Crippen molar-refractivity contribution in [2.75, 3.05) is 22.4 Å². The van der Waals surface area contributed by atoms with Crippen LogP contribution in [0.15, 0.2) is 42.5 Å². The third kappa shape index (κ3) is 3.28. The molecular weight excluding hydrogens is 324 g/mol. The van der Waals surface area contributed by atoms with Crippen molar-refractivity contribution in [1.29, 1.82) is 0 Å². The molecule has 0 radical (unpaired) electrons. The Morgan fingerprint density at radius 3 is 2.62 bits per heavy atom. The van der Waals surface area contributed by atoms with E-state index in [1.807, 2.05) is 31.2 Å². The Labute approximate surface area is 142 Å². The molecule has 0 aromatic heterocycles. The summed E-state index contributed by atoms with van der Waals surface area (Å²) in [6.07, 6.45) is 2.73. The molecule has 126 valence electrons. The van der Waals surface area contributed by atoms with Crippen LogP contribution in [0.1, 0.15) is 27.9 Å². The van der Waals surface area contributed by atoms with Gasteiger partial charge < -0.3 is 5.32 Å². The molecule has 6 heteroatoms. The number of nitrogens with zero attached hydrogens (tertiary/aromatic N) is 1. The predicted octanol–water partition coefficient (Wildman–Crippen LogP) is 2.96. The van der Waals surface area contributed by atoms with Crippen LogP contribution in [0.5, 0.6) is 0 Å². The lowest BCUT2D eigenvalue weighted by Gasteiger charge is -2.29. The first-order chi connectivity index (χ1) is 11.4. The van der Waals surface area contributed by atoms with Crippen LogP contribution < -0.4 is 9.62 Å². The second-order valence-electron chi connectivity index (χ2n) is 6.05. The lowest BCUT2D eigenvalue weighted by molar-refractivity contribution is 0.102. The maximum absolute atomic E-state index is 12.5. The summed E-state index contributed by atoms with van der Waals surface area (Å²) in [5.74, 6) is -0.191. The third-order valence-corrected chi connectivity index (χ3v) is 5.39. The van der Waals surface area contributed by atoms with Gasteiger partial charge in [0.15, 0.2) is 0 Å². The topological polar surface area (TPSA) is 66.5 Å². The van der Waals surface area contributed by atoms with Gasteiger partial charge in [0.05, 0.1) is 11.9 Å². The Kier molecular flexibility index (Phi) is 4.32. The molecule has 3 rings (SSSR count). The third-order valence-electron chi connectivity index (χ3n) is 4.21. The van der Waals surface area contributed by atoms with Crippen LogP contribution in [0.25, 0.3) is 0 Å². The summed E-state index contributed by atoms with van der Waals surface area (Å²) < 4.78 is 25.2. The van der Waals surface area contributed by atoms with Gasteiger partial charge in [-0.1, -0.05) is 18.2 Å². The second-order valence-corrected chi connectivity index (χ2v) is 7.96. The highest BCUT2D eigenvalue weighted by Crippen LogP contribution is 2.30. The minimum atomic E-state index is -3.29. The zero-order chi connectivity index (χ0) is 17.3. The van der Waals surface area contributed by atoms with Crippen molar-refractivity contribution in [2.24, 2.45) is 0 Å². The predicted molar refractivity (Wildman–Crippen MR) is 96.1 cm³/mol. The Balaban J connectivity index is 1.89. The van der Waals surface area contributed by atoms with Gasteiger partial charge in [-0.3, -0.25) is 9.10 Å². The number of para-hydroxylation sites is 1. The molecule has 1 N–H and O–H groups in total. The van der Waals surface area contributed by atoms with Crippen LogP contribution in [0.4, 0.5) is 11.4 Å². The Bertz CT molecular complexity index is 891. The van der Waals surface area contributed by atoms with E-state index >= 15 is 0 Å². The number of aryl methyl sites for hydroxylation is 2. The number of fused-ring (bicyclic) bond motifs is 1. The van der Waals surface area contributed by atoms with Crippen LogP contribution in [-0.4, -0.2) is 27.1 Å². The quantitative estimate of drug-likeness (QED) is 0.931. The van der Waals surface area contributed by atoms with Crippen molar-refractivity contribution in [3.05, 3.63) is 59.2 Å². The van der Waals surface area contributed by atoms with E-state index in [1.54, 1.807) is 18.2 Å². The molecule has 0 spiro atoms. The number of nitrogens with one attached hydrogen (secondary N) is 1. The molecular formula is C18H20N2O3S. The van der Waals surface area contributed by atoms with Gasteiger partial charge in [-0.05, 0) is 55.2 Å². The largest absolute Gasteiger partial charge is 0.322 e. The maximum Gasteiger partial charge on any atom is 0.255 e. The smallest absolute Gasteiger partial charge is 0.255 e. The van der Waals surface area contributed by atoms with E-state index in [2.05, 4.69) is 5.32 Å². The molecule has 1 amide bonds. The average molecular weight is 344 g/mol. The fraction of sp³-hybridized carbons (Fsp3) is 0.278. The van der Waals surface area contributed by atoms with E-state index in [1.165, 1.54) is 10.6 Å². The molecule has 24 heavy (non-hydrogen) atoms. The monoisotopic (exact) mass is 344 g/mol. The lowest BCUT2D eigenvalue weighted by Crippen LogP contribution is -2.34. The van der Waals surface area contributed by atoms with Crippen molar-refractivity contribution in [3.8, 4) is 0 Å². The molecule has 2 aromatic rings. The van der Waals surface area contributed by atoms with Gasteiger partial charge in [0, 0.05) is 17.8 Å². The summed E-state index contributed by atoms with van der Waals surface area (Å²) in [5.41, 5.74) is 3.87. The average Bonchev–Trinajstić information content (AvgIpc) is 2.55. The molecule has 0 atom stereocenters. The van der Waals surface area contributed by atoms with E-state index in [0.29, 0.717) is 17.8 Å². The number of carbonyl (C=O) groups is 1. The number of carbonyl (C=O) groups excluding carboxylic acids is 1. The Morgan fingerprint density at radius 1 is 1.17 bits per heavy atom. The highest BCUT2D eigenvalue weighted by Gasteiger charge is 2.24. The SMILES string of the molecule is Cc1ccccc1NC(=O)c1ccc2c(c1)CCCN2S(C)(=O)=O. The van der Waals surface area contributed by atoms with E-state index < -0.39 is 10.0 Å². The molecule has 5 nitrogen and oxygen atoms in total. The van der Waals surface area contributed by atoms with E-state index in [-0.39, 0.29) is 5.91 Å². The fourth-order valence-electron chi connectivity index (χ4n) is 2.96. The van der Waals surface area contributed by atoms with E-state index in [0.717, 1.165) is 29.7 Å². The van der Waals surface area contributed by atoms with Gasteiger partial charge in [-0.15, -0.1) is 0 Å². The zero-order valence-corrected chi connectivity index (χ0v) is 14.6. The van der Waals surface area contributed by atoms with Gasteiger partial charge >= 0.3 is 0 Å². The molecule has 0 aliphatic carbocycles. The highest BCUT2D eigenvalue weighted by molar-refractivity contribution is 7.92. The molecule has 0 saturated carbocycles. The molecule has 1 aliphatic heterocycles. The maximum atomic E-state index is 12.5. The van der Waals surface area contributed by atoms with Crippen molar-refractivity contribution < 1.29 is 13.2 Å². The van der Waals surface area contributed by atoms with Crippen molar-refractivity contribution in [3.63, 3.8) is 0 Å². The summed E-state index contributed by atoms with van der Waals surface area (Å²) in [5, 5.41) is 2.90. The molecule has 1 heterocycles. The molecule has 0 unspecified atom stereocenters. The number of sulfonamides is 1. The summed E-state index contributed by atoms with van der Waals surface area (Å²) in [4.78, 5) is 12.5. The number of benzene rings is 2. The zero-order valence-electron chi connectivity index (χ0n) is 13.7. The minimum Gasteiger partial charge on any atom is -0.322 e. The lowest BCUT2D eigenvalue weighted by atomic mass is 10.0. The van der Waals surface area contributed by atoms with Crippen LogP contribution >= 0.6 is 0 Å². The highest BCUT2D eigenvalue weighted by atomic mass is 32.2. The minimum absolute atomic E-state index is 0.191. The van der Waals surface area contributed by atoms with Gasteiger partial charge in [-0.2, -0.15) is 0 Å². The first-order valence-corrected chi connectivity index (χ1v) is 9.69. The fourth-order valence-corrected chi connectivity index (χ4v) is 3.95. The molecule has 0 fully saturated rings. The summed E-state index contributed by atoms with van der Waals surface area (Å²) in [6, 6.07) is 12.8. The van der Waals surface area contributed by atoms with Crippen LogP contribution in [-0.2, 0) is 16.4 Å². The van der Waals surface area contributed by atoms with Crippen molar-refractivity contribution in [2.45, 2.75) is 19.8 Å². The van der Waals surface area contributed by atoms with Crippen LogP contribution in [0.2, 0.25) is 0 Å². The Hall–Kier alpha value is -2.34. The van der Waals surface area contributed by atoms with Crippen LogP contribution in [0.3, 0.4) is 0 Å². The van der Waals surface area contributed by atoms with Crippen molar-refractivity contribution >= 4 is 27.3 Å². The van der Waals surface area contributed by atoms with E-state index in [4.69, 9.17) is 0 Å². The Morgan fingerprint density at radius 2 is 1.92 bits per heavy atom. The molecule has 1 aliphatic rings. The van der Waals surface area contributed by atoms with Gasteiger partial charge in [0.1, 0.15) is 0 Å². The number of rotatable bonds is 3. The van der Waals surface area contributed by atoms with Crippen molar-refractivity contribution in [1.82, 2.24) is 0 Å². The van der Waals surface area contributed by atoms with Gasteiger partial charge in [0.25, 0.3) is 5.91 Å². The summed E-state index contributed by atoms with van der Waals surface area (Å²) in [6.45, 7) is 2.42.